The molecule has 0 aliphatic carbocycles. The lowest BCUT2D eigenvalue weighted by Gasteiger charge is -2.15. The number of hydrogen-bond donors (Lipinski definition) is 2. The number of nitrogens with zero attached hydrogens (tertiary/aromatic N) is 2. The van der Waals surface area contributed by atoms with Gasteiger partial charge in [-0.1, -0.05) is 12.1 Å². The van der Waals surface area contributed by atoms with Crippen molar-refractivity contribution in [3.05, 3.63) is 91.4 Å². The van der Waals surface area contributed by atoms with E-state index >= 15 is 0 Å². The van der Waals surface area contributed by atoms with Crippen LogP contribution in [-0.4, -0.2) is 51.8 Å². The van der Waals surface area contributed by atoms with Gasteiger partial charge in [0.2, 0.25) is 0 Å². The van der Waals surface area contributed by atoms with E-state index < -0.39 is 11.9 Å². The highest BCUT2D eigenvalue weighted by Gasteiger charge is 2.30. The standard InChI is InChI=1S/C28H23IN2O7S/c1-3-37-22-13-17(12-21(29)24(22)38-15-16-4-6-18(7-5-16)26(33)34)14-23-25(32)31(2)28(39-23)30-20-10-8-19(9-11-20)27(35)36/h4-14H,3,15H2,1-2H3,(H,33,34)(H,35,36)/b23-14-,30-28?. The molecule has 39 heavy (non-hydrogen) atoms. The molecule has 2 N–H and O–H groups in total. The first-order valence-corrected chi connectivity index (χ1v) is 13.6. The van der Waals surface area contributed by atoms with Gasteiger partial charge in [0.25, 0.3) is 5.91 Å². The smallest absolute Gasteiger partial charge is 0.335 e. The largest absolute Gasteiger partial charge is 0.490 e. The molecular formula is C28H23IN2O7S. The number of carbonyl (C=O) groups is 3. The maximum Gasteiger partial charge on any atom is 0.335 e. The molecule has 0 spiro atoms. The number of aromatic carboxylic acids is 2. The number of halogens is 1. The third-order valence-corrected chi connectivity index (χ3v) is 7.42. The maximum atomic E-state index is 12.9. The van der Waals surface area contributed by atoms with Gasteiger partial charge in [0.1, 0.15) is 6.61 Å². The molecule has 0 radical (unpaired) electrons. The van der Waals surface area contributed by atoms with Gasteiger partial charge in [-0.3, -0.25) is 9.69 Å². The lowest BCUT2D eigenvalue weighted by Crippen LogP contribution is -2.23. The van der Waals surface area contributed by atoms with Gasteiger partial charge in [-0.15, -0.1) is 0 Å². The van der Waals surface area contributed by atoms with E-state index in [4.69, 9.17) is 19.7 Å². The molecule has 200 valence electrons. The number of likely N-dealkylation sites (N-methyl/N-ethyl adjacent to an activating group) is 1. The fourth-order valence-corrected chi connectivity index (χ4v) is 5.33. The summed E-state index contributed by atoms with van der Waals surface area (Å²) in [5, 5.41) is 18.6. The molecule has 1 aliphatic heterocycles. The molecule has 4 rings (SSSR count). The highest BCUT2D eigenvalue weighted by Crippen LogP contribution is 2.38. The predicted octanol–water partition coefficient (Wildman–Crippen LogP) is 5.90. The molecule has 1 fully saturated rings. The Morgan fingerprint density at radius 2 is 1.62 bits per heavy atom. The van der Waals surface area contributed by atoms with Gasteiger partial charge in [0.15, 0.2) is 16.7 Å². The number of carbonyl (C=O) groups excluding carboxylic acids is 1. The van der Waals surface area contributed by atoms with Gasteiger partial charge in [-0.05, 0) is 107 Å². The normalized spacial score (nSPS) is 15.2. The SMILES string of the molecule is CCOc1cc(/C=C2\SC(=Nc3ccc(C(=O)O)cc3)N(C)C2=O)cc(I)c1OCc1ccc(C(=O)O)cc1. The number of carboxylic acids is 2. The predicted molar refractivity (Wildman–Crippen MR) is 157 cm³/mol. The monoisotopic (exact) mass is 658 g/mol. The van der Waals surface area contributed by atoms with Gasteiger partial charge < -0.3 is 19.7 Å². The molecule has 1 saturated heterocycles. The number of aliphatic imine (C=N–C) groups is 1. The molecule has 0 saturated carbocycles. The number of carboxylic acid groups (broad SMARTS) is 2. The Kier molecular flexibility index (Phi) is 8.92. The van der Waals surface area contributed by atoms with E-state index in [1.54, 1.807) is 43.5 Å². The third-order valence-electron chi connectivity index (χ3n) is 5.56. The zero-order chi connectivity index (χ0) is 28.1. The molecule has 0 atom stereocenters. The van der Waals surface area contributed by atoms with Crippen molar-refractivity contribution >= 4 is 69.1 Å². The number of hydrogen-bond acceptors (Lipinski definition) is 7. The minimum atomic E-state index is -1.02. The Labute approximate surface area is 242 Å². The van der Waals surface area contributed by atoms with E-state index in [1.165, 1.54) is 40.9 Å². The van der Waals surface area contributed by atoms with Crippen LogP contribution in [0.15, 0.2) is 70.6 Å². The van der Waals surface area contributed by atoms with E-state index in [0.29, 0.717) is 33.9 Å². The first-order valence-electron chi connectivity index (χ1n) is 11.7. The molecule has 1 amide bonds. The van der Waals surface area contributed by atoms with Crippen LogP contribution in [0, 0.1) is 3.57 Å². The summed E-state index contributed by atoms with van der Waals surface area (Å²) < 4.78 is 12.7. The second-order valence-electron chi connectivity index (χ2n) is 8.27. The number of ether oxygens (including phenoxy) is 2. The summed E-state index contributed by atoms with van der Waals surface area (Å²) in [5.41, 5.74) is 2.46. The highest BCUT2D eigenvalue weighted by molar-refractivity contribution is 14.1. The molecule has 0 aromatic heterocycles. The number of benzene rings is 3. The molecule has 1 heterocycles. The van der Waals surface area contributed by atoms with Crippen LogP contribution in [0.3, 0.4) is 0 Å². The van der Waals surface area contributed by atoms with E-state index in [0.717, 1.165) is 14.7 Å². The van der Waals surface area contributed by atoms with Gasteiger partial charge in [-0.25, -0.2) is 14.6 Å². The van der Waals surface area contributed by atoms with Gasteiger partial charge >= 0.3 is 11.9 Å². The summed E-state index contributed by atoms with van der Waals surface area (Å²) in [5.74, 6) is -1.14. The molecule has 11 heteroatoms. The van der Waals surface area contributed by atoms with E-state index in [2.05, 4.69) is 27.6 Å². The van der Waals surface area contributed by atoms with Crippen molar-refractivity contribution < 1.29 is 34.1 Å². The van der Waals surface area contributed by atoms with Crippen molar-refractivity contribution in [2.45, 2.75) is 13.5 Å². The Morgan fingerprint density at radius 3 is 2.21 bits per heavy atom. The number of amidine groups is 1. The highest BCUT2D eigenvalue weighted by atomic mass is 127. The van der Waals surface area contributed by atoms with Crippen LogP contribution >= 0.6 is 34.4 Å². The van der Waals surface area contributed by atoms with Crippen molar-refractivity contribution in [1.29, 1.82) is 0 Å². The number of rotatable bonds is 9. The van der Waals surface area contributed by atoms with Crippen LogP contribution < -0.4 is 9.47 Å². The molecule has 0 bridgehead atoms. The Hall–Kier alpha value is -3.84. The summed E-state index contributed by atoms with van der Waals surface area (Å²) in [6, 6.07) is 16.3. The average Bonchev–Trinajstić information content (AvgIpc) is 3.16. The Bertz CT molecular complexity index is 1480. The van der Waals surface area contributed by atoms with Crippen molar-refractivity contribution in [3.8, 4) is 11.5 Å². The zero-order valence-corrected chi connectivity index (χ0v) is 23.9. The molecule has 3 aromatic rings. The summed E-state index contributed by atoms with van der Waals surface area (Å²) in [6.07, 6.45) is 1.76. The first kappa shape index (κ1) is 28.2. The number of amides is 1. The summed E-state index contributed by atoms with van der Waals surface area (Å²) in [6.45, 7) is 2.50. The van der Waals surface area contributed by atoms with Crippen molar-refractivity contribution in [3.63, 3.8) is 0 Å². The van der Waals surface area contributed by atoms with Crippen LogP contribution in [0.25, 0.3) is 6.08 Å². The lowest BCUT2D eigenvalue weighted by atomic mass is 10.1. The van der Waals surface area contributed by atoms with Gasteiger partial charge in [0.05, 0.1) is 31.9 Å². The zero-order valence-electron chi connectivity index (χ0n) is 20.9. The molecular weight excluding hydrogens is 635 g/mol. The van der Waals surface area contributed by atoms with Crippen LogP contribution in [0.1, 0.15) is 38.8 Å². The summed E-state index contributed by atoms with van der Waals surface area (Å²) >= 11 is 3.37. The second-order valence-corrected chi connectivity index (χ2v) is 10.4. The fraction of sp³-hybridized carbons (Fsp3) is 0.143. The molecule has 1 aliphatic rings. The number of thioether (sulfide) groups is 1. The quantitative estimate of drug-likeness (QED) is 0.215. The molecule has 0 unspecified atom stereocenters. The second kappa shape index (κ2) is 12.3. The maximum absolute atomic E-state index is 12.9. The topological polar surface area (TPSA) is 126 Å². The Balaban J connectivity index is 1.55. The average molecular weight is 658 g/mol. The van der Waals surface area contributed by atoms with Gasteiger partial charge in [0, 0.05) is 7.05 Å². The third kappa shape index (κ3) is 6.79. The summed E-state index contributed by atoms with van der Waals surface area (Å²) in [7, 11) is 1.63. The van der Waals surface area contributed by atoms with Crippen LogP contribution in [-0.2, 0) is 11.4 Å². The van der Waals surface area contributed by atoms with E-state index in [9.17, 15) is 14.4 Å². The van der Waals surface area contributed by atoms with E-state index in [-0.39, 0.29) is 23.6 Å². The summed E-state index contributed by atoms with van der Waals surface area (Å²) in [4.78, 5) is 41.5. The molecule has 9 nitrogen and oxygen atoms in total. The van der Waals surface area contributed by atoms with Crippen molar-refractivity contribution in [2.24, 2.45) is 4.99 Å². The van der Waals surface area contributed by atoms with Gasteiger partial charge in [-0.2, -0.15) is 0 Å². The molecule has 3 aromatic carbocycles. The van der Waals surface area contributed by atoms with Crippen molar-refractivity contribution in [2.75, 3.05) is 13.7 Å². The van der Waals surface area contributed by atoms with E-state index in [1.807, 2.05) is 13.0 Å². The van der Waals surface area contributed by atoms with Crippen molar-refractivity contribution in [1.82, 2.24) is 4.90 Å². The lowest BCUT2D eigenvalue weighted by molar-refractivity contribution is -0.121. The van der Waals surface area contributed by atoms with Crippen LogP contribution in [0.2, 0.25) is 0 Å². The van der Waals surface area contributed by atoms with Crippen LogP contribution in [0.5, 0.6) is 11.5 Å². The Morgan fingerprint density at radius 1 is 1.00 bits per heavy atom. The first-order chi connectivity index (χ1) is 18.7. The minimum Gasteiger partial charge on any atom is -0.490 e. The fourth-order valence-electron chi connectivity index (χ4n) is 3.57. The minimum absolute atomic E-state index is 0.159. The van der Waals surface area contributed by atoms with Crippen LogP contribution in [0.4, 0.5) is 5.69 Å².